The summed E-state index contributed by atoms with van der Waals surface area (Å²) in [4.78, 5) is 20.1. The maximum absolute atomic E-state index is 13.8. The number of benzene rings is 2. The van der Waals surface area contributed by atoms with E-state index in [1.54, 1.807) is 24.4 Å². The fraction of sp³-hybridized carbons (Fsp3) is 0.200. The van der Waals surface area contributed by atoms with Gasteiger partial charge in [-0.2, -0.15) is 23.1 Å². The molecular weight excluding hydrogens is 559 g/mol. The number of hydrogen-bond donors (Lipinski definition) is 2. The first-order valence-electron chi connectivity index (χ1n) is 11.4. The van der Waals surface area contributed by atoms with E-state index >= 15 is 0 Å². The summed E-state index contributed by atoms with van der Waals surface area (Å²) in [5, 5.41) is 23.3. The first kappa shape index (κ1) is 26.8. The smallest absolute Gasteiger partial charge is 0.417 e. The van der Waals surface area contributed by atoms with E-state index in [9.17, 15) is 28.2 Å². The number of fused-ring (bicyclic) bond motifs is 2. The molecule has 9 nitrogen and oxygen atoms in total. The van der Waals surface area contributed by atoms with Crippen LogP contribution < -0.4 is 5.69 Å². The third-order valence-electron chi connectivity index (χ3n) is 5.80. The van der Waals surface area contributed by atoms with Gasteiger partial charge in [-0.3, -0.25) is 4.40 Å². The molecule has 5 aromatic rings. The molecule has 0 bridgehead atoms. The highest BCUT2D eigenvalue weighted by atomic mass is 35.5. The second-order valence-electron chi connectivity index (χ2n) is 8.43. The Morgan fingerprint density at radius 3 is 2.54 bits per heavy atom. The van der Waals surface area contributed by atoms with Crippen molar-refractivity contribution in [1.29, 1.82) is 0 Å². The first-order chi connectivity index (χ1) is 18.6. The summed E-state index contributed by atoms with van der Waals surface area (Å²) < 4.78 is 49.8. The van der Waals surface area contributed by atoms with Gasteiger partial charge in [0.05, 0.1) is 45.6 Å². The third kappa shape index (κ3) is 5.51. The molecule has 2 N–H and O–H groups in total. The van der Waals surface area contributed by atoms with E-state index in [0.717, 1.165) is 17.3 Å². The molecule has 0 spiro atoms. The number of halogens is 4. The van der Waals surface area contributed by atoms with Crippen molar-refractivity contribution in [3.63, 3.8) is 0 Å². The Bertz CT molecular complexity index is 1710. The summed E-state index contributed by atoms with van der Waals surface area (Å²) in [6.07, 6.45) is -3.29. The fourth-order valence-corrected chi connectivity index (χ4v) is 5.50. The summed E-state index contributed by atoms with van der Waals surface area (Å²) in [6.45, 7) is 0.220. The van der Waals surface area contributed by atoms with Crippen molar-refractivity contribution in [2.24, 2.45) is 0 Å². The molecule has 5 rings (SSSR count). The number of aromatic nitrogens is 5. The summed E-state index contributed by atoms with van der Waals surface area (Å²) >= 11 is 7.06. The minimum atomic E-state index is -4.85. The average Bonchev–Trinajstić information content (AvgIpc) is 3.23. The van der Waals surface area contributed by atoms with Crippen LogP contribution in [0.1, 0.15) is 17.2 Å². The maximum Gasteiger partial charge on any atom is 0.417 e. The minimum Gasteiger partial charge on any atom is -0.493 e. The second-order valence-corrected chi connectivity index (χ2v) is 9.84. The van der Waals surface area contributed by atoms with Crippen LogP contribution in [0.2, 0.25) is 5.02 Å². The highest BCUT2D eigenvalue weighted by Gasteiger charge is 2.36. The zero-order valence-electron chi connectivity index (χ0n) is 19.8. The molecule has 0 fully saturated rings. The van der Waals surface area contributed by atoms with Crippen LogP contribution in [0.15, 0.2) is 70.5 Å². The molecule has 0 aliphatic heterocycles. The molecule has 39 heavy (non-hydrogen) atoms. The number of aromatic hydroxyl groups is 2. The average molecular weight is 578 g/mol. The number of pyridine rings is 1. The lowest BCUT2D eigenvalue weighted by Crippen LogP contribution is -2.30. The molecule has 3 heterocycles. The van der Waals surface area contributed by atoms with Gasteiger partial charge in [0.2, 0.25) is 5.88 Å². The minimum absolute atomic E-state index is 0.00825. The molecule has 0 aliphatic carbocycles. The van der Waals surface area contributed by atoms with E-state index in [4.69, 9.17) is 16.3 Å². The highest BCUT2D eigenvalue weighted by Crippen LogP contribution is 2.45. The molecule has 0 radical (unpaired) electrons. The first-order valence-corrected chi connectivity index (χ1v) is 12.8. The van der Waals surface area contributed by atoms with Gasteiger partial charge in [-0.25, -0.2) is 9.48 Å². The molecule has 202 valence electrons. The summed E-state index contributed by atoms with van der Waals surface area (Å²) in [6, 6.07) is 13.4. The molecule has 3 aromatic heterocycles. The molecule has 0 aliphatic rings. The van der Waals surface area contributed by atoms with Crippen LogP contribution in [-0.4, -0.2) is 46.7 Å². The van der Waals surface area contributed by atoms with E-state index < -0.39 is 40.4 Å². The van der Waals surface area contributed by atoms with E-state index in [1.807, 2.05) is 30.3 Å². The van der Waals surface area contributed by atoms with Gasteiger partial charge in [0, 0.05) is 11.9 Å². The molecule has 0 amide bonds. The van der Waals surface area contributed by atoms with Crippen molar-refractivity contribution in [3.05, 3.63) is 87.4 Å². The summed E-state index contributed by atoms with van der Waals surface area (Å²) in [5.74, 6) is -0.846. The van der Waals surface area contributed by atoms with Crippen molar-refractivity contribution in [1.82, 2.24) is 24.1 Å². The Kier molecular flexibility index (Phi) is 7.38. The highest BCUT2D eigenvalue weighted by molar-refractivity contribution is 7.99. The Morgan fingerprint density at radius 1 is 1.08 bits per heavy atom. The van der Waals surface area contributed by atoms with Gasteiger partial charge in [-0.1, -0.05) is 48.0 Å². The van der Waals surface area contributed by atoms with Crippen LogP contribution in [0.25, 0.3) is 16.6 Å². The largest absolute Gasteiger partial charge is 0.493 e. The van der Waals surface area contributed by atoms with E-state index in [2.05, 4.69) is 15.1 Å². The number of rotatable bonds is 8. The normalized spacial score (nSPS) is 12.8. The van der Waals surface area contributed by atoms with Crippen molar-refractivity contribution in [3.8, 4) is 11.9 Å². The summed E-state index contributed by atoms with van der Waals surface area (Å²) in [7, 11) is 0. The Balaban J connectivity index is 1.53. The van der Waals surface area contributed by atoms with Gasteiger partial charge < -0.3 is 14.9 Å². The lowest BCUT2D eigenvalue weighted by atomic mass is 10.1. The van der Waals surface area contributed by atoms with Gasteiger partial charge >= 0.3 is 17.9 Å². The van der Waals surface area contributed by atoms with Crippen LogP contribution in [0.3, 0.4) is 0 Å². The number of nitrogens with zero attached hydrogens (tertiary/aromatic N) is 5. The van der Waals surface area contributed by atoms with Gasteiger partial charge in [0.15, 0.2) is 5.65 Å². The number of alkyl halides is 3. The molecule has 0 saturated carbocycles. The molecular formula is C25H19ClF3N5O4S. The van der Waals surface area contributed by atoms with Crippen molar-refractivity contribution in [2.45, 2.75) is 23.7 Å². The zero-order valence-corrected chi connectivity index (χ0v) is 21.4. The Labute approximate surface area is 227 Å². The predicted octanol–water partition coefficient (Wildman–Crippen LogP) is 5.07. The van der Waals surface area contributed by atoms with Crippen LogP contribution in [-0.2, 0) is 17.5 Å². The van der Waals surface area contributed by atoms with Crippen molar-refractivity contribution in [2.75, 3.05) is 12.4 Å². The van der Waals surface area contributed by atoms with Gasteiger partial charge in [-0.15, -0.1) is 16.9 Å². The van der Waals surface area contributed by atoms with Crippen LogP contribution >= 0.6 is 23.4 Å². The van der Waals surface area contributed by atoms with Gasteiger partial charge in [-0.05, 0) is 23.8 Å². The monoisotopic (exact) mass is 577 g/mol. The Morgan fingerprint density at radius 2 is 1.82 bits per heavy atom. The van der Waals surface area contributed by atoms with Gasteiger partial charge in [0.25, 0.3) is 0 Å². The number of hydrogen-bond acceptors (Lipinski definition) is 8. The molecule has 1 atom stereocenters. The number of thioether (sulfide) groups is 1. The molecule has 1 unspecified atom stereocenters. The van der Waals surface area contributed by atoms with Crippen LogP contribution in [0, 0.1) is 0 Å². The predicted molar refractivity (Wildman–Crippen MR) is 138 cm³/mol. The fourth-order valence-electron chi connectivity index (χ4n) is 3.96. The summed E-state index contributed by atoms with van der Waals surface area (Å²) in [5.41, 5.74) is -0.566. The van der Waals surface area contributed by atoms with Crippen molar-refractivity contribution >= 4 is 39.9 Å². The lowest BCUT2D eigenvalue weighted by Gasteiger charge is -2.19. The molecule has 0 saturated heterocycles. The zero-order chi connectivity index (χ0) is 27.7. The van der Waals surface area contributed by atoms with E-state index in [-0.39, 0.29) is 34.8 Å². The Hall–Kier alpha value is -3.81. The van der Waals surface area contributed by atoms with Crippen LogP contribution in [0.5, 0.6) is 11.9 Å². The SMILES string of the molecule is O=c1n(C(COCc2ccccc2)CSc2c(Cl)c(C(F)(F)F)cc3c(O)nc(O)nc23)nc2ccccn12. The standard InChI is InChI=1S/C25H19ClF3N5O4S/c26-19-17(25(27,28)29)10-16-20(30-23(36)31-22(16)35)21(19)39-13-15(12-38-11-14-6-2-1-3-7-14)34-24(37)33-9-5-4-8-18(33)32-34/h1-10,15H,11-13H2,(H2,30,31,35,36). The maximum atomic E-state index is 13.8. The third-order valence-corrected chi connectivity index (χ3v) is 7.54. The molecule has 14 heteroatoms. The lowest BCUT2D eigenvalue weighted by molar-refractivity contribution is -0.137. The number of ether oxygens (including phenoxy) is 1. The van der Waals surface area contributed by atoms with Crippen molar-refractivity contribution < 1.29 is 28.1 Å². The van der Waals surface area contributed by atoms with Crippen LogP contribution in [0.4, 0.5) is 13.2 Å². The van der Waals surface area contributed by atoms with E-state index in [0.29, 0.717) is 11.7 Å². The van der Waals surface area contributed by atoms with Gasteiger partial charge in [0.1, 0.15) is 0 Å². The second kappa shape index (κ2) is 10.8. The topological polar surface area (TPSA) is 115 Å². The van der Waals surface area contributed by atoms with E-state index in [1.165, 1.54) is 9.08 Å². The molecule has 2 aromatic carbocycles. The quantitative estimate of drug-likeness (QED) is 0.246.